The number of nitrogens with one attached hydrogen (secondary N) is 1. The number of nitrogens with zero attached hydrogens (tertiary/aromatic N) is 1. The van der Waals surface area contributed by atoms with Crippen LogP contribution >= 0.6 is 11.8 Å². The van der Waals surface area contributed by atoms with Gasteiger partial charge in [0, 0.05) is 18.8 Å². The van der Waals surface area contributed by atoms with Crippen LogP contribution in [0.3, 0.4) is 0 Å². The third-order valence-electron chi connectivity index (χ3n) is 4.82. The fraction of sp³-hybridized carbons (Fsp3) is 0.611. The molecule has 2 aliphatic rings. The SMILES string of the molecule is O=C(NCc1ccccc1CN1CCCCC1)C1(O)CCSC1. The number of benzene rings is 1. The van der Waals surface area contributed by atoms with Crippen LogP contribution in [0.2, 0.25) is 0 Å². The van der Waals surface area contributed by atoms with E-state index in [2.05, 4.69) is 28.4 Å². The first-order valence-electron chi connectivity index (χ1n) is 8.55. The Morgan fingerprint density at radius 1 is 1.22 bits per heavy atom. The number of likely N-dealkylation sites (tertiary alicyclic amines) is 1. The number of hydrogen-bond donors (Lipinski definition) is 2. The van der Waals surface area contributed by atoms with E-state index >= 15 is 0 Å². The van der Waals surface area contributed by atoms with E-state index < -0.39 is 5.60 Å². The lowest BCUT2D eigenvalue weighted by atomic mass is 10.0. The lowest BCUT2D eigenvalue weighted by Gasteiger charge is -2.27. The second-order valence-electron chi connectivity index (χ2n) is 6.62. The van der Waals surface area contributed by atoms with Crippen molar-refractivity contribution in [2.75, 3.05) is 24.6 Å². The van der Waals surface area contributed by atoms with Crippen molar-refractivity contribution in [2.24, 2.45) is 0 Å². The fourth-order valence-corrected chi connectivity index (χ4v) is 4.56. The predicted octanol–water partition coefficient (Wildman–Crippen LogP) is 2.16. The highest BCUT2D eigenvalue weighted by molar-refractivity contribution is 7.99. The Morgan fingerprint density at radius 2 is 1.96 bits per heavy atom. The Kier molecular flexibility index (Phi) is 5.62. The zero-order valence-corrected chi connectivity index (χ0v) is 14.4. The normalized spacial score (nSPS) is 25.4. The first kappa shape index (κ1) is 16.8. The summed E-state index contributed by atoms with van der Waals surface area (Å²) >= 11 is 1.64. The first-order chi connectivity index (χ1) is 11.2. The van der Waals surface area contributed by atoms with Crippen LogP contribution < -0.4 is 5.32 Å². The van der Waals surface area contributed by atoms with Crippen LogP contribution in [0.25, 0.3) is 0 Å². The average molecular weight is 334 g/mol. The molecule has 1 amide bonds. The molecule has 5 heteroatoms. The van der Waals surface area contributed by atoms with Crippen LogP contribution in [-0.2, 0) is 17.9 Å². The van der Waals surface area contributed by atoms with E-state index in [-0.39, 0.29) is 5.91 Å². The van der Waals surface area contributed by atoms with Gasteiger partial charge in [0.2, 0.25) is 0 Å². The molecule has 0 aromatic heterocycles. The molecule has 0 spiro atoms. The highest BCUT2D eigenvalue weighted by Crippen LogP contribution is 2.28. The fourth-order valence-electron chi connectivity index (χ4n) is 3.32. The maximum Gasteiger partial charge on any atom is 0.253 e. The molecule has 0 bridgehead atoms. The van der Waals surface area contributed by atoms with Crippen molar-refractivity contribution >= 4 is 17.7 Å². The molecule has 1 aromatic rings. The molecule has 3 rings (SSSR count). The number of carbonyl (C=O) groups excluding carboxylic acids is 1. The van der Waals surface area contributed by atoms with Crippen molar-refractivity contribution in [1.29, 1.82) is 0 Å². The summed E-state index contributed by atoms with van der Waals surface area (Å²) in [5, 5.41) is 13.3. The molecule has 0 aliphatic carbocycles. The van der Waals surface area contributed by atoms with E-state index in [0.717, 1.165) is 31.0 Å². The van der Waals surface area contributed by atoms with Gasteiger partial charge in [-0.25, -0.2) is 0 Å². The Bertz CT molecular complexity index is 538. The topological polar surface area (TPSA) is 52.6 Å². The summed E-state index contributed by atoms with van der Waals surface area (Å²) in [6.45, 7) is 3.78. The lowest BCUT2D eigenvalue weighted by Crippen LogP contribution is -2.46. The van der Waals surface area contributed by atoms with Crippen molar-refractivity contribution in [1.82, 2.24) is 10.2 Å². The van der Waals surface area contributed by atoms with Crippen molar-refractivity contribution in [2.45, 2.75) is 44.4 Å². The zero-order valence-electron chi connectivity index (χ0n) is 13.6. The van der Waals surface area contributed by atoms with Gasteiger partial charge in [0.1, 0.15) is 0 Å². The number of hydrogen-bond acceptors (Lipinski definition) is 4. The number of rotatable bonds is 5. The number of thioether (sulfide) groups is 1. The quantitative estimate of drug-likeness (QED) is 0.866. The van der Waals surface area contributed by atoms with Gasteiger partial charge in [0.05, 0.1) is 0 Å². The highest BCUT2D eigenvalue weighted by Gasteiger charge is 2.39. The minimum atomic E-state index is -1.17. The molecule has 2 heterocycles. The smallest absolute Gasteiger partial charge is 0.253 e. The minimum absolute atomic E-state index is 0.227. The molecule has 2 aliphatic heterocycles. The Balaban J connectivity index is 1.60. The van der Waals surface area contributed by atoms with Crippen molar-refractivity contribution < 1.29 is 9.90 Å². The van der Waals surface area contributed by atoms with Gasteiger partial charge in [-0.05, 0) is 49.2 Å². The third kappa shape index (κ3) is 4.28. The van der Waals surface area contributed by atoms with Crippen molar-refractivity contribution in [3.63, 3.8) is 0 Å². The average Bonchev–Trinajstić information content (AvgIpc) is 3.03. The van der Waals surface area contributed by atoms with Gasteiger partial charge in [-0.3, -0.25) is 9.69 Å². The van der Waals surface area contributed by atoms with Crippen LogP contribution in [0.4, 0.5) is 0 Å². The number of piperidine rings is 1. The predicted molar refractivity (Wildman–Crippen MR) is 94.3 cm³/mol. The molecule has 2 fully saturated rings. The molecular weight excluding hydrogens is 308 g/mol. The van der Waals surface area contributed by atoms with Crippen LogP contribution in [0.1, 0.15) is 36.8 Å². The van der Waals surface area contributed by atoms with Gasteiger partial charge in [-0.2, -0.15) is 11.8 Å². The molecule has 2 saturated heterocycles. The van der Waals surface area contributed by atoms with Crippen LogP contribution in [0.5, 0.6) is 0 Å². The van der Waals surface area contributed by atoms with Crippen molar-refractivity contribution in [3.05, 3.63) is 35.4 Å². The zero-order chi connectivity index (χ0) is 16.1. The molecule has 0 radical (unpaired) electrons. The number of carbonyl (C=O) groups is 1. The maximum atomic E-state index is 12.3. The number of aliphatic hydroxyl groups is 1. The van der Waals surface area contributed by atoms with E-state index in [9.17, 15) is 9.90 Å². The molecule has 1 unspecified atom stereocenters. The summed E-state index contributed by atoms with van der Waals surface area (Å²) < 4.78 is 0. The van der Waals surface area contributed by atoms with E-state index in [0.29, 0.717) is 18.7 Å². The molecule has 23 heavy (non-hydrogen) atoms. The Morgan fingerprint density at radius 3 is 2.65 bits per heavy atom. The second-order valence-corrected chi connectivity index (χ2v) is 7.73. The molecule has 1 atom stereocenters. The molecule has 4 nitrogen and oxygen atoms in total. The number of amides is 1. The van der Waals surface area contributed by atoms with Gasteiger partial charge in [-0.15, -0.1) is 0 Å². The van der Waals surface area contributed by atoms with E-state index in [4.69, 9.17) is 0 Å². The van der Waals surface area contributed by atoms with E-state index in [1.807, 2.05) is 6.07 Å². The van der Waals surface area contributed by atoms with Crippen LogP contribution in [-0.4, -0.2) is 46.1 Å². The monoisotopic (exact) mass is 334 g/mol. The first-order valence-corrected chi connectivity index (χ1v) is 9.70. The standard InChI is InChI=1S/C18H26N2O2S/c21-17(18(22)8-11-23-14-18)19-12-15-6-2-3-7-16(15)13-20-9-4-1-5-10-20/h2-3,6-7,22H,1,4-5,8-14H2,(H,19,21). The minimum Gasteiger partial charge on any atom is -0.379 e. The summed E-state index contributed by atoms with van der Waals surface area (Å²) in [6.07, 6.45) is 4.46. The molecule has 0 saturated carbocycles. The maximum absolute atomic E-state index is 12.3. The Labute approximate surface area is 142 Å². The van der Waals surface area contributed by atoms with E-state index in [1.165, 1.54) is 24.8 Å². The van der Waals surface area contributed by atoms with Gasteiger partial charge in [0.15, 0.2) is 5.60 Å². The van der Waals surface area contributed by atoms with Crippen LogP contribution in [0.15, 0.2) is 24.3 Å². The van der Waals surface area contributed by atoms with Gasteiger partial charge >= 0.3 is 0 Å². The van der Waals surface area contributed by atoms with Gasteiger partial charge < -0.3 is 10.4 Å². The summed E-state index contributed by atoms with van der Waals surface area (Å²) in [4.78, 5) is 14.7. The largest absolute Gasteiger partial charge is 0.379 e. The summed E-state index contributed by atoms with van der Waals surface area (Å²) in [6, 6.07) is 8.30. The molecule has 1 aromatic carbocycles. The van der Waals surface area contributed by atoms with Gasteiger partial charge in [0.25, 0.3) is 5.91 Å². The molecule has 2 N–H and O–H groups in total. The second kappa shape index (κ2) is 7.69. The summed E-state index contributed by atoms with van der Waals surface area (Å²) in [5.74, 6) is 1.14. The van der Waals surface area contributed by atoms with Crippen LogP contribution in [0, 0.1) is 0 Å². The van der Waals surface area contributed by atoms with E-state index in [1.54, 1.807) is 11.8 Å². The van der Waals surface area contributed by atoms with Crippen molar-refractivity contribution in [3.8, 4) is 0 Å². The molecular formula is C18H26N2O2S. The third-order valence-corrected chi connectivity index (χ3v) is 6.00. The molecule has 126 valence electrons. The lowest BCUT2D eigenvalue weighted by molar-refractivity contribution is -0.137. The highest BCUT2D eigenvalue weighted by atomic mass is 32.2. The summed E-state index contributed by atoms with van der Waals surface area (Å²) in [7, 11) is 0. The Hall–Kier alpha value is -1.04. The summed E-state index contributed by atoms with van der Waals surface area (Å²) in [5.41, 5.74) is 1.26. The van der Waals surface area contributed by atoms with Gasteiger partial charge in [-0.1, -0.05) is 30.7 Å².